The molecule has 2 rings (SSSR count). The van der Waals surface area contributed by atoms with Gasteiger partial charge in [0.15, 0.2) is 0 Å². The van der Waals surface area contributed by atoms with Gasteiger partial charge in [0, 0.05) is 12.1 Å². The summed E-state index contributed by atoms with van der Waals surface area (Å²) in [6.07, 6.45) is -0.504. The van der Waals surface area contributed by atoms with Crippen molar-refractivity contribution in [3.8, 4) is 0 Å². The van der Waals surface area contributed by atoms with Crippen molar-refractivity contribution in [3.05, 3.63) is 69.2 Å². The number of carbonyl (C=O) groups is 1. The number of nitro benzene ring substituents is 1. The summed E-state index contributed by atoms with van der Waals surface area (Å²) >= 11 is 5.86. The second-order valence-corrected chi connectivity index (χ2v) is 7.14. The molecule has 0 bridgehead atoms. The third kappa shape index (κ3) is 4.75. The van der Waals surface area contributed by atoms with Crippen LogP contribution >= 0.6 is 11.6 Å². The largest absolute Gasteiger partial charge is 0.481 e. The number of carboxylic acids is 1. The van der Waals surface area contributed by atoms with Gasteiger partial charge in [-0.25, -0.2) is 13.1 Å². The van der Waals surface area contributed by atoms with E-state index >= 15 is 0 Å². The van der Waals surface area contributed by atoms with Gasteiger partial charge in [0.05, 0.1) is 22.4 Å². The molecule has 0 spiro atoms. The summed E-state index contributed by atoms with van der Waals surface area (Å²) in [5, 5.41) is 19.7. The first-order valence-corrected chi connectivity index (χ1v) is 8.80. The van der Waals surface area contributed by atoms with Crippen molar-refractivity contribution >= 4 is 33.3 Å². The molecule has 0 amide bonds. The zero-order valence-corrected chi connectivity index (χ0v) is 14.2. The van der Waals surface area contributed by atoms with Gasteiger partial charge in [-0.15, -0.1) is 0 Å². The maximum Gasteiger partial charge on any atom is 0.305 e. The van der Waals surface area contributed by atoms with Gasteiger partial charge < -0.3 is 5.11 Å². The molecule has 10 heteroatoms. The summed E-state index contributed by atoms with van der Waals surface area (Å²) in [7, 11) is -4.29. The van der Waals surface area contributed by atoms with Crippen LogP contribution in [0.2, 0.25) is 5.02 Å². The Morgan fingerprint density at radius 3 is 2.44 bits per heavy atom. The van der Waals surface area contributed by atoms with Gasteiger partial charge in [-0.3, -0.25) is 14.9 Å². The van der Waals surface area contributed by atoms with Gasteiger partial charge in [0.25, 0.3) is 5.69 Å². The molecule has 0 fully saturated rings. The van der Waals surface area contributed by atoms with Crippen LogP contribution in [0.1, 0.15) is 18.0 Å². The molecule has 0 unspecified atom stereocenters. The number of nitrogens with zero attached hydrogens (tertiary/aromatic N) is 1. The number of hydrogen-bond donors (Lipinski definition) is 2. The maximum absolute atomic E-state index is 12.6. The number of non-ortho nitro benzene ring substituents is 1. The topological polar surface area (TPSA) is 127 Å². The van der Waals surface area contributed by atoms with Crippen molar-refractivity contribution in [2.75, 3.05) is 0 Å². The number of sulfonamides is 1. The molecular formula is C15H13ClN2O6S. The summed E-state index contributed by atoms with van der Waals surface area (Å²) in [6.45, 7) is 0. The third-order valence-corrected chi connectivity index (χ3v) is 5.25. The molecule has 0 aromatic heterocycles. The summed E-state index contributed by atoms with van der Waals surface area (Å²) in [4.78, 5) is 20.7. The standard InChI is InChI=1S/C15H13ClN2O6S/c16-12-7-6-11(18(21)22)8-14(12)25(23,24)17-13(9-15(19)20)10-4-2-1-3-5-10/h1-8,13,17H,9H2,(H,19,20)/t13-/m0/s1. The molecule has 2 aromatic rings. The number of nitro groups is 1. The Kier molecular flexibility index (Phi) is 5.73. The second-order valence-electron chi connectivity index (χ2n) is 5.05. The van der Waals surface area contributed by atoms with E-state index in [0.29, 0.717) is 5.56 Å². The summed E-state index contributed by atoms with van der Waals surface area (Å²) in [5.41, 5.74) is -0.00528. The summed E-state index contributed by atoms with van der Waals surface area (Å²) in [6, 6.07) is 10.1. The predicted octanol–water partition coefficient (Wildman–Crippen LogP) is 2.74. The molecule has 8 nitrogen and oxygen atoms in total. The van der Waals surface area contributed by atoms with Crippen LogP contribution in [-0.4, -0.2) is 24.4 Å². The van der Waals surface area contributed by atoms with E-state index in [0.717, 1.165) is 18.2 Å². The van der Waals surface area contributed by atoms with E-state index in [-0.39, 0.29) is 5.02 Å². The SMILES string of the molecule is O=C(O)C[C@H](NS(=O)(=O)c1cc([N+](=O)[O-])ccc1Cl)c1ccccc1. The Hall–Kier alpha value is -2.49. The van der Waals surface area contributed by atoms with Crippen LogP contribution in [0, 0.1) is 10.1 Å². The highest BCUT2D eigenvalue weighted by atomic mass is 35.5. The highest BCUT2D eigenvalue weighted by Crippen LogP contribution is 2.28. The van der Waals surface area contributed by atoms with Crippen molar-refractivity contribution < 1.29 is 23.2 Å². The number of benzene rings is 2. The number of nitrogens with one attached hydrogen (secondary N) is 1. The zero-order chi connectivity index (χ0) is 18.6. The van der Waals surface area contributed by atoms with Crippen molar-refractivity contribution in [3.63, 3.8) is 0 Å². The molecule has 0 heterocycles. The molecule has 0 saturated carbocycles. The van der Waals surface area contributed by atoms with Crippen LogP contribution in [0.25, 0.3) is 0 Å². The normalized spacial score (nSPS) is 12.5. The minimum absolute atomic E-state index is 0.208. The van der Waals surface area contributed by atoms with Crippen LogP contribution in [0.15, 0.2) is 53.4 Å². The third-order valence-electron chi connectivity index (χ3n) is 3.29. The van der Waals surface area contributed by atoms with Gasteiger partial charge >= 0.3 is 5.97 Å². The predicted molar refractivity (Wildman–Crippen MR) is 89.9 cm³/mol. The van der Waals surface area contributed by atoms with Crippen LogP contribution in [0.4, 0.5) is 5.69 Å². The molecular weight excluding hydrogens is 372 g/mol. The molecule has 132 valence electrons. The van der Waals surface area contributed by atoms with Crippen molar-refractivity contribution in [1.29, 1.82) is 0 Å². The molecule has 1 atom stereocenters. The van der Waals surface area contributed by atoms with Crippen molar-refractivity contribution in [2.24, 2.45) is 0 Å². The van der Waals surface area contributed by atoms with E-state index in [4.69, 9.17) is 16.7 Å². The molecule has 0 aliphatic rings. The fraction of sp³-hybridized carbons (Fsp3) is 0.133. The lowest BCUT2D eigenvalue weighted by atomic mass is 10.1. The van der Waals surface area contributed by atoms with Crippen molar-refractivity contribution in [2.45, 2.75) is 17.4 Å². The highest BCUT2D eigenvalue weighted by molar-refractivity contribution is 7.89. The molecule has 2 N–H and O–H groups in total. The average molecular weight is 385 g/mol. The smallest absolute Gasteiger partial charge is 0.305 e. The van der Waals surface area contributed by atoms with Crippen LogP contribution in [-0.2, 0) is 14.8 Å². The molecule has 0 aliphatic carbocycles. The average Bonchev–Trinajstić information content (AvgIpc) is 2.54. The number of halogens is 1. The summed E-state index contributed by atoms with van der Waals surface area (Å²) in [5.74, 6) is -1.21. The first-order valence-electron chi connectivity index (χ1n) is 6.93. The molecule has 0 saturated heterocycles. The number of hydrogen-bond acceptors (Lipinski definition) is 5. The maximum atomic E-state index is 12.6. The number of rotatable bonds is 7. The van der Waals surface area contributed by atoms with E-state index < -0.39 is 44.0 Å². The van der Waals surface area contributed by atoms with E-state index in [2.05, 4.69) is 4.72 Å². The molecule has 0 radical (unpaired) electrons. The fourth-order valence-corrected chi connectivity index (χ4v) is 3.89. The number of carboxylic acid groups (broad SMARTS) is 1. The minimum Gasteiger partial charge on any atom is -0.481 e. The zero-order valence-electron chi connectivity index (χ0n) is 12.6. The lowest BCUT2D eigenvalue weighted by molar-refractivity contribution is -0.385. The Labute approximate surface area is 148 Å². The Morgan fingerprint density at radius 2 is 1.88 bits per heavy atom. The Bertz CT molecular complexity index is 901. The Morgan fingerprint density at radius 1 is 1.24 bits per heavy atom. The van der Waals surface area contributed by atoms with Crippen LogP contribution in [0.5, 0.6) is 0 Å². The Balaban J connectivity index is 2.42. The van der Waals surface area contributed by atoms with E-state index in [1.165, 1.54) is 0 Å². The number of aliphatic carboxylic acids is 1. The van der Waals surface area contributed by atoms with Gasteiger partial charge in [0.1, 0.15) is 4.90 Å². The summed E-state index contributed by atoms with van der Waals surface area (Å²) < 4.78 is 27.4. The van der Waals surface area contributed by atoms with Gasteiger partial charge in [-0.05, 0) is 11.6 Å². The van der Waals surface area contributed by atoms with E-state index in [1.54, 1.807) is 30.3 Å². The molecule has 0 aliphatic heterocycles. The van der Waals surface area contributed by atoms with Gasteiger partial charge in [-0.1, -0.05) is 41.9 Å². The van der Waals surface area contributed by atoms with Crippen molar-refractivity contribution in [1.82, 2.24) is 4.72 Å². The van der Waals surface area contributed by atoms with E-state index in [1.807, 2.05) is 0 Å². The monoisotopic (exact) mass is 384 g/mol. The first-order chi connectivity index (χ1) is 11.7. The minimum atomic E-state index is -4.29. The van der Waals surface area contributed by atoms with E-state index in [9.17, 15) is 23.3 Å². The van der Waals surface area contributed by atoms with Gasteiger partial charge in [0.2, 0.25) is 10.0 Å². The fourth-order valence-electron chi connectivity index (χ4n) is 2.15. The van der Waals surface area contributed by atoms with Crippen LogP contribution in [0.3, 0.4) is 0 Å². The lowest BCUT2D eigenvalue weighted by Crippen LogP contribution is -2.30. The highest BCUT2D eigenvalue weighted by Gasteiger charge is 2.27. The lowest BCUT2D eigenvalue weighted by Gasteiger charge is -2.18. The molecule has 25 heavy (non-hydrogen) atoms. The quantitative estimate of drug-likeness (QED) is 0.558. The first kappa shape index (κ1) is 18.8. The van der Waals surface area contributed by atoms with Gasteiger partial charge in [-0.2, -0.15) is 0 Å². The molecule has 2 aromatic carbocycles. The van der Waals surface area contributed by atoms with Crippen LogP contribution < -0.4 is 4.72 Å². The second kappa shape index (κ2) is 7.60.